The summed E-state index contributed by atoms with van der Waals surface area (Å²) in [6.07, 6.45) is 0.448. The average molecular weight is 368 g/mol. The van der Waals surface area contributed by atoms with Gasteiger partial charge in [0.25, 0.3) is 11.5 Å². The first-order chi connectivity index (χ1) is 13.1. The molecule has 1 aliphatic heterocycles. The second-order valence-electron chi connectivity index (χ2n) is 6.30. The topological polar surface area (TPSA) is 77.3 Å². The van der Waals surface area contributed by atoms with Crippen LogP contribution in [0.1, 0.15) is 22.8 Å². The van der Waals surface area contributed by atoms with E-state index in [0.29, 0.717) is 35.2 Å². The number of aryl methyl sites for hydroxylation is 2. The monoisotopic (exact) mass is 368 g/mol. The first-order valence-corrected chi connectivity index (χ1v) is 8.65. The van der Waals surface area contributed by atoms with E-state index in [1.54, 1.807) is 29.2 Å². The molecule has 1 aliphatic rings. The van der Waals surface area contributed by atoms with Gasteiger partial charge in [0, 0.05) is 6.54 Å². The number of aromatic nitrogens is 3. The number of carbonyl (C=O) groups is 1. The number of hydrogen-bond acceptors (Lipinski definition) is 5. The molecule has 0 radical (unpaired) electrons. The summed E-state index contributed by atoms with van der Waals surface area (Å²) in [4.78, 5) is 26.7. The van der Waals surface area contributed by atoms with Crippen molar-refractivity contribution in [1.82, 2.24) is 19.9 Å². The summed E-state index contributed by atoms with van der Waals surface area (Å²) in [5.41, 5.74) is 1.16. The third-order valence-electron chi connectivity index (χ3n) is 4.60. The van der Waals surface area contributed by atoms with E-state index in [4.69, 9.17) is 4.74 Å². The Morgan fingerprint density at radius 3 is 2.85 bits per heavy atom. The van der Waals surface area contributed by atoms with Crippen LogP contribution in [0.5, 0.6) is 5.75 Å². The van der Waals surface area contributed by atoms with Gasteiger partial charge in [-0.05, 0) is 43.2 Å². The summed E-state index contributed by atoms with van der Waals surface area (Å²) in [6.45, 7) is 2.82. The van der Waals surface area contributed by atoms with E-state index in [2.05, 4.69) is 10.3 Å². The molecule has 0 bridgehead atoms. The summed E-state index contributed by atoms with van der Waals surface area (Å²) in [5, 5.41) is 8.36. The van der Waals surface area contributed by atoms with Crippen molar-refractivity contribution in [1.29, 1.82) is 0 Å². The Labute approximate surface area is 154 Å². The van der Waals surface area contributed by atoms with Crippen molar-refractivity contribution >= 4 is 16.8 Å². The summed E-state index contributed by atoms with van der Waals surface area (Å²) < 4.78 is 20.1. The molecule has 0 atom stereocenters. The zero-order chi connectivity index (χ0) is 19.0. The van der Waals surface area contributed by atoms with Crippen molar-refractivity contribution < 1.29 is 13.9 Å². The zero-order valence-corrected chi connectivity index (χ0v) is 14.7. The van der Waals surface area contributed by atoms with Gasteiger partial charge in [0.15, 0.2) is 6.73 Å². The molecule has 138 valence electrons. The van der Waals surface area contributed by atoms with Crippen LogP contribution in [0.15, 0.2) is 41.2 Å². The van der Waals surface area contributed by atoms with Gasteiger partial charge in [0.2, 0.25) is 0 Å². The second kappa shape index (κ2) is 6.79. The molecule has 1 amide bonds. The molecular weight excluding hydrogens is 351 g/mol. The number of ether oxygens (including phenoxy) is 1. The predicted octanol–water partition coefficient (Wildman–Crippen LogP) is 1.99. The third-order valence-corrected chi connectivity index (χ3v) is 4.60. The molecule has 4 rings (SSSR count). The van der Waals surface area contributed by atoms with Crippen LogP contribution in [0.3, 0.4) is 0 Å². The lowest BCUT2D eigenvalue weighted by Crippen LogP contribution is -2.38. The highest BCUT2D eigenvalue weighted by molar-refractivity contribution is 6.01. The molecule has 1 aromatic heterocycles. The molecule has 3 aromatic rings. The van der Waals surface area contributed by atoms with E-state index in [1.807, 2.05) is 6.92 Å². The summed E-state index contributed by atoms with van der Waals surface area (Å²) in [5.74, 6) is -0.101. The van der Waals surface area contributed by atoms with Crippen molar-refractivity contribution in [3.05, 3.63) is 63.7 Å². The number of nitrogens with zero attached hydrogens (tertiary/aromatic N) is 4. The molecule has 27 heavy (non-hydrogen) atoms. The van der Waals surface area contributed by atoms with Crippen LogP contribution in [0.2, 0.25) is 0 Å². The van der Waals surface area contributed by atoms with Crippen LogP contribution in [0, 0.1) is 5.82 Å². The highest BCUT2D eigenvalue weighted by atomic mass is 19.1. The van der Waals surface area contributed by atoms with E-state index >= 15 is 0 Å². The minimum absolute atomic E-state index is 0.153. The van der Waals surface area contributed by atoms with Gasteiger partial charge in [-0.25, -0.2) is 9.07 Å². The standard InChI is InChI=1S/C19H17FN4O3/c1-2-23-11-27-17-10-14-16(9-15(17)18(23)25)21-22-24(19(14)26)7-6-12-4-3-5-13(20)8-12/h3-5,8-10H,2,6-7,11H2,1H3. The van der Waals surface area contributed by atoms with Crippen molar-refractivity contribution in [2.45, 2.75) is 19.9 Å². The number of fused-ring (bicyclic) bond motifs is 2. The van der Waals surface area contributed by atoms with Crippen molar-refractivity contribution in [3.8, 4) is 5.75 Å². The lowest BCUT2D eigenvalue weighted by Gasteiger charge is -2.27. The van der Waals surface area contributed by atoms with Crippen molar-refractivity contribution in [2.24, 2.45) is 0 Å². The van der Waals surface area contributed by atoms with Crippen LogP contribution < -0.4 is 10.3 Å². The SMILES string of the molecule is CCN1COc2cc3c(=O)n(CCc4cccc(F)c4)nnc3cc2C1=O. The summed E-state index contributed by atoms with van der Waals surface area (Å²) in [7, 11) is 0. The maximum Gasteiger partial charge on any atom is 0.277 e. The molecule has 0 unspecified atom stereocenters. The first kappa shape index (κ1) is 17.1. The Morgan fingerprint density at radius 1 is 1.22 bits per heavy atom. The maximum absolute atomic E-state index is 13.3. The molecule has 7 nitrogen and oxygen atoms in total. The van der Waals surface area contributed by atoms with E-state index in [1.165, 1.54) is 16.8 Å². The Kier molecular flexibility index (Phi) is 4.31. The minimum Gasteiger partial charge on any atom is -0.472 e. The smallest absolute Gasteiger partial charge is 0.277 e. The van der Waals surface area contributed by atoms with Gasteiger partial charge in [-0.2, -0.15) is 0 Å². The number of amides is 1. The fourth-order valence-corrected chi connectivity index (χ4v) is 3.08. The molecule has 0 fully saturated rings. The highest BCUT2D eigenvalue weighted by Crippen LogP contribution is 2.27. The van der Waals surface area contributed by atoms with E-state index in [9.17, 15) is 14.0 Å². The van der Waals surface area contributed by atoms with Crippen LogP contribution in [-0.4, -0.2) is 39.1 Å². The van der Waals surface area contributed by atoms with Gasteiger partial charge in [0.05, 0.1) is 17.5 Å². The lowest BCUT2D eigenvalue weighted by molar-refractivity contribution is 0.0539. The summed E-state index contributed by atoms with van der Waals surface area (Å²) in [6, 6.07) is 9.30. The second-order valence-corrected chi connectivity index (χ2v) is 6.30. The molecule has 2 aromatic carbocycles. The van der Waals surface area contributed by atoms with Gasteiger partial charge >= 0.3 is 0 Å². The molecular formula is C19H17FN4O3. The number of rotatable bonds is 4. The fourth-order valence-electron chi connectivity index (χ4n) is 3.08. The van der Waals surface area contributed by atoms with E-state index in [-0.39, 0.29) is 30.6 Å². The first-order valence-electron chi connectivity index (χ1n) is 8.65. The van der Waals surface area contributed by atoms with Crippen molar-refractivity contribution in [3.63, 3.8) is 0 Å². The molecule has 8 heteroatoms. The molecule has 0 spiro atoms. The predicted molar refractivity (Wildman–Crippen MR) is 96.1 cm³/mol. The molecule has 0 saturated heterocycles. The Bertz CT molecular complexity index is 1100. The largest absolute Gasteiger partial charge is 0.472 e. The lowest BCUT2D eigenvalue weighted by atomic mass is 10.1. The maximum atomic E-state index is 13.3. The molecule has 0 N–H and O–H groups in total. The Morgan fingerprint density at radius 2 is 2.07 bits per heavy atom. The van der Waals surface area contributed by atoms with Gasteiger partial charge in [0.1, 0.15) is 17.1 Å². The number of benzene rings is 2. The van der Waals surface area contributed by atoms with Crippen LogP contribution in [-0.2, 0) is 13.0 Å². The van der Waals surface area contributed by atoms with Crippen LogP contribution in [0.25, 0.3) is 10.9 Å². The minimum atomic E-state index is -0.326. The van der Waals surface area contributed by atoms with Gasteiger partial charge < -0.3 is 9.64 Å². The van der Waals surface area contributed by atoms with Gasteiger partial charge in [-0.15, -0.1) is 5.10 Å². The number of hydrogen-bond donors (Lipinski definition) is 0. The van der Waals surface area contributed by atoms with Gasteiger partial charge in [-0.1, -0.05) is 17.3 Å². The highest BCUT2D eigenvalue weighted by Gasteiger charge is 2.26. The fraction of sp³-hybridized carbons (Fsp3) is 0.263. The molecule has 0 aliphatic carbocycles. The Balaban J connectivity index is 1.67. The number of halogens is 1. The van der Waals surface area contributed by atoms with E-state index < -0.39 is 0 Å². The Hall–Kier alpha value is -3.29. The van der Waals surface area contributed by atoms with Crippen LogP contribution >= 0.6 is 0 Å². The van der Waals surface area contributed by atoms with E-state index in [0.717, 1.165) is 5.56 Å². The van der Waals surface area contributed by atoms with Crippen molar-refractivity contribution in [2.75, 3.05) is 13.3 Å². The molecule has 2 heterocycles. The third kappa shape index (κ3) is 3.14. The quantitative estimate of drug-likeness (QED) is 0.704. The summed E-state index contributed by atoms with van der Waals surface area (Å²) >= 11 is 0. The number of carbonyl (C=O) groups excluding carboxylic acids is 1. The average Bonchev–Trinajstić information content (AvgIpc) is 2.67. The van der Waals surface area contributed by atoms with Gasteiger partial charge in [-0.3, -0.25) is 9.59 Å². The molecule has 0 saturated carbocycles. The zero-order valence-electron chi connectivity index (χ0n) is 14.7. The normalized spacial score (nSPS) is 13.6. The van der Waals surface area contributed by atoms with Crippen LogP contribution in [0.4, 0.5) is 4.39 Å².